The molecule has 0 radical (unpaired) electrons. The monoisotopic (exact) mass is 179 g/mol. The SMILES string of the molecule is NC1CC(=CCc2cccs2)C1. The van der Waals surface area contributed by atoms with Crippen LogP contribution < -0.4 is 5.73 Å². The maximum absolute atomic E-state index is 5.68. The van der Waals surface area contributed by atoms with Crippen LogP contribution in [0.2, 0.25) is 0 Å². The number of rotatable bonds is 2. The first-order valence-corrected chi connectivity index (χ1v) is 5.18. The second kappa shape index (κ2) is 3.42. The van der Waals surface area contributed by atoms with Gasteiger partial charge in [-0.1, -0.05) is 17.7 Å². The number of allylic oxidation sites excluding steroid dienone is 1. The maximum atomic E-state index is 5.68. The Labute approximate surface area is 76.9 Å². The molecule has 2 rings (SSSR count). The van der Waals surface area contributed by atoms with Gasteiger partial charge in [0.15, 0.2) is 0 Å². The standard InChI is InChI=1S/C10H13NS/c11-9-6-8(7-9)3-4-10-2-1-5-12-10/h1-3,5,9H,4,6-7,11H2. The molecule has 1 aliphatic rings. The van der Waals surface area contributed by atoms with Crippen molar-refractivity contribution in [3.8, 4) is 0 Å². The van der Waals surface area contributed by atoms with Crippen LogP contribution in [-0.2, 0) is 6.42 Å². The van der Waals surface area contributed by atoms with Crippen LogP contribution in [0, 0.1) is 0 Å². The smallest absolute Gasteiger partial charge is 0.0113 e. The summed E-state index contributed by atoms with van der Waals surface area (Å²) in [5, 5.41) is 2.13. The Balaban J connectivity index is 1.86. The Morgan fingerprint density at radius 3 is 3.00 bits per heavy atom. The summed E-state index contributed by atoms with van der Waals surface area (Å²) in [6.07, 6.45) is 5.66. The molecule has 1 nitrogen and oxygen atoms in total. The number of hydrogen-bond donors (Lipinski definition) is 1. The Bertz CT molecular complexity index is 266. The van der Waals surface area contributed by atoms with Crippen LogP contribution in [-0.4, -0.2) is 6.04 Å². The molecule has 1 aromatic heterocycles. The van der Waals surface area contributed by atoms with Gasteiger partial charge >= 0.3 is 0 Å². The van der Waals surface area contributed by atoms with Crippen molar-refractivity contribution in [2.45, 2.75) is 25.3 Å². The normalized spacial score (nSPS) is 22.1. The number of nitrogens with two attached hydrogens (primary N) is 1. The molecule has 0 bridgehead atoms. The highest BCUT2D eigenvalue weighted by Gasteiger charge is 2.17. The fourth-order valence-electron chi connectivity index (χ4n) is 1.45. The zero-order valence-corrected chi connectivity index (χ0v) is 7.81. The second-order valence-corrected chi connectivity index (χ2v) is 4.35. The van der Waals surface area contributed by atoms with Crippen LogP contribution in [0.5, 0.6) is 0 Å². The van der Waals surface area contributed by atoms with Gasteiger partial charge < -0.3 is 5.73 Å². The van der Waals surface area contributed by atoms with E-state index in [1.54, 1.807) is 0 Å². The third-order valence-corrected chi connectivity index (χ3v) is 3.12. The lowest BCUT2D eigenvalue weighted by Gasteiger charge is -2.25. The molecule has 1 aliphatic carbocycles. The summed E-state index contributed by atoms with van der Waals surface area (Å²) in [7, 11) is 0. The quantitative estimate of drug-likeness (QED) is 0.693. The Morgan fingerprint density at radius 1 is 1.58 bits per heavy atom. The minimum absolute atomic E-state index is 0.444. The molecule has 0 unspecified atom stereocenters. The fourth-order valence-corrected chi connectivity index (χ4v) is 2.12. The largest absolute Gasteiger partial charge is 0.327 e. The summed E-state index contributed by atoms with van der Waals surface area (Å²) in [6.45, 7) is 0. The molecule has 12 heavy (non-hydrogen) atoms. The minimum Gasteiger partial charge on any atom is -0.327 e. The Morgan fingerprint density at radius 2 is 2.42 bits per heavy atom. The molecule has 64 valence electrons. The minimum atomic E-state index is 0.444. The van der Waals surface area contributed by atoms with Gasteiger partial charge in [-0.2, -0.15) is 0 Å². The van der Waals surface area contributed by atoms with E-state index in [-0.39, 0.29) is 0 Å². The summed E-state index contributed by atoms with van der Waals surface area (Å²) < 4.78 is 0. The van der Waals surface area contributed by atoms with Crippen molar-refractivity contribution >= 4 is 11.3 Å². The topological polar surface area (TPSA) is 26.0 Å². The van der Waals surface area contributed by atoms with Crippen LogP contribution in [0.3, 0.4) is 0 Å². The van der Waals surface area contributed by atoms with Crippen molar-refractivity contribution in [3.05, 3.63) is 34.0 Å². The average Bonchev–Trinajstić information content (AvgIpc) is 2.47. The number of thiophene rings is 1. The molecular formula is C10H13NS. The fraction of sp³-hybridized carbons (Fsp3) is 0.400. The first kappa shape index (κ1) is 8.02. The van der Waals surface area contributed by atoms with Gasteiger partial charge in [0.1, 0.15) is 0 Å². The second-order valence-electron chi connectivity index (χ2n) is 3.31. The molecule has 0 aliphatic heterocycles. The molecule has 0 saturated heterocycles. The number of hydrogen-bond acceptors (Lipinski definition) is 2. The molecule has 1 heterocycles. The van der Waals surface area contributed by atoms with E-state index in [1.165, 1.54) is 10.5 Å². The molecule has 1 fully saturated rings. The highest BCUT2D eigenvalue weighted by molar-refractivity contribution is 7.09. The first-order valence-electron chi connectivity index (χ1n) is 4.30. The van der Waals surface area contributed by atoms with Crippen LogP contribution in [0.4, 0.5) is 0 Å². The molecule has 2 heteroatoms. The molecule has 2 N–H and O–H groups in total. The first-order chi connectivity index (χ1) is 5.84. The summed E-state index contributed by atoms with van der Waals surface area (Å²) in [6, 6.07) is 4.73. The van der Waals surface area contributed by atoms with Gasteiger partial charge in [0.25, 0.3) is 0 Å². The van der Waals surface area contributed by atoms with Crippen LogP contribution in [0.1, 0.15) is 17.7 Å². The average molecular weight is 179 g/mol. The van der Waals surface area contributed by atoms with Crippen LogP contribution >= 0.6 is 11.3 Å². The van der Waals surface area contributed by atoms with E-state index in [4.69, 9.17) is 5.73 Å². The van der Waals surface area contributed by atoms with Gasteiger partial charge in [-0.05, 0) is 30.7 Å². The molecule has 1 saturated carbocycles. The van der Waals surface area contributed by atoms with E-state index in [2.05, 4.69) is 23.6 Å². The molecule has 0 amide bonds. The predicted molar refractivity (Wildman–Crippen MR) is 53.3 cm³/mol. The van der Waals surface area contributed by atoms with Crippen molar-refractivity contribution in [1.82, 2.24) is 0 Å². The summed E-state index contributed by atoms with van der Waals surface area (Å²) in [5.74, 6) is 0. The van der Waals surface area contributed by atoms with E-state index in [1.807, 2.05) is 11.3 Å². The van der Waals surface area contributed by atoms with Gasteiger partial charge in [-0.15, -0.1) is 11.3 Å². The molecule has 1 aromatic rings. The predicted octanol–water partition coefficient (Wildman–Crippen LogP) is 2.34. The highest BCUT2D eigenvalue weighted by Crippen LogP contribution is 2.25. The van der Waals surface area contributed by atoms with Gasteiger partial charge in [-0.25, -0.2) is 0 Å². The van der Waals surface area contributed by atoms with Gasteiger partial charge in [-0.3, -0.25) is 0 Å². The van der Waals surface area contributed by atoms with Crippen LogP contribution in [0.15, 0.2) is 29.2 Å². The van der Waals surface area contributed by atoms with Crippen molar-refractivity contribution in [1.29, 1.82) is 0 Å². The highest BCUT2D eigenvalue weighted by atomic mass is 32.1. The maximum Gasteiger partial charge on any atom is 0.0113 e. The summed E-state index contributed by atoms with van der Waals surface area (Å²) >= 11 is 1.82. The zero-order chi connectivity index (χ0) is 8.39. The van der Waals surface area contributed by atoms with Crippen molar-refractivity contribution in [3.63, 3.8) is 0 Å². The molecule has 0 atom stereocenters. The van der Waals surface area contributed by atoms with Gasteiger partial charge in [0.05, 0.1) is 0 Å². The van der Waals surface area contributed by atoms with Crippen LogP contribution in [0.25, 0.3) is 0 Å². The van der Waals surface area contributed by atoms with E-state index in [0.717, 1.165) is 19.3 Å². The summed E-state index contributed by atoms with van der Waals surface area (Å²) in [5.41, 5.74) is 7.22. The van der Waals surface area contributed by atoms with E-state index in [9.17, 15) is 0 Å². The molecule has 0 aromatic carbocycles. The van der Waals surface area contributed by atoms with Crippen molar-refractivity contribution in [2.75, 3.05) is 0 Å². The summed E-state index contributed by atoms with van der Waals surface area (Å²) in [4.78, 5) is 1.45. The Kier molecular flexibility index (Phi) is 2.28. The van der Waals surface area contributed by atoms with Gasteiger partial charge in [0, 0.05) is 10.9 Å². The third-order valence-electron chi connectivity index (χ3n) is 2.22. The van der Waals surface area contributed by atoms with E-state index in [0.29, 0.717) is 6.04 Å². The zero-order valence-electron chi connectivity index (χ0n) is 6.99. The lowest BCUT2D eigenvalue weighted by molar-refractivity contribution is 0.540. The molecular weight excluding hydrogens is 166 g/mol. The van der Waals surface area contributed by atoms with E-state index >= 15 is 0 Å². The van der Waals surface area contributed by atoms with Crippen molar-refractivity contribution < 1.29 is 0 Å². The lowest BCUT2D eigenvalue weighted by atomic mass is 9.86. The lowest BCUT2D eigenvalue weighted by Crippen LogP contribution is -2.30. The van der Waals surface area contributed by atoms with Gasteiger partial charge in [0.2, 0.25) is 0 Å². The van der Waals surface area contributed by atoms with E-state index < -0.39 is 0 Å². The molecule has 0 spiro atoms. The Hall–Kier alpha value is -0.600. The third kappa shape index (κ3) is 1.76. The van der Waals surface area contributed by atoms with Crippen molar-refractivity contribution in [2.24, 2.45) is 5.73 Å².